The average Bonchev–Trinajstić information content (AvgIpc) is 3.16. The summed E-state index contributed by atoms with van der Waals surface area (Å²) >= 11 is 7.45. The van der Waals surface area contributed by atoms with Gasteiger partial charge in [-0.2, -0.15) is 0 Å². The molecule has 0 spiro atoms. The molecule has 0 aliphatic carbocycles. The summed E-state index contributed by atoms with van der Waals surface area (Å²) in [5.41, 5.74) is 1.18. The van der Waals surface area contributed by atoms with Crippen LogP contribution in [0.1, 0.15) is 20.9 Å². The van der Waals surface area contributed by atoms with E-state index in [2.05, 4.69) is 5.32 Å². The van der Waals surface area contributed by atoms with Gasteiger partial charge in [-0.3, -0.25) is 9.59 Å². The molecule has 6 heteroatoms. The van der Waals surface area contributed by atoms with E-state index in [1.54, 1.807) is 48.5 Å². The van der Waals surface area contributed by atoms with Gasteiger partial charge in [0, 0.05) is 16.1 Å². The zero-order valence-corrected chi connectivity index (χ0v) is 14.6. The SMILES string of the molecule is O=C(Nc1ccc(SCC(=O)c2ccccc2Cl)cc1)c1ccco1. The Morgan fingerprint density at radius 2 is 1.76 bits per heavy atom. The predicted molar refractivity (Wildman–Crippen MR) is 99.6 cm³/mol. The van der Waals surface area contributed by atoms with Crippen LogP contribution in [-0.2, 0) is 0 Å². The third-order valence-corrected chi connectivity index (χ3v) is 4.74. The molecular weight excluding hydrogens is 358 g/mol. The van der Waals surface area contributed by atoms with E-state index in [9.17, 15) is 9.59 Å². The molecule has 0 saturated carbocycles. The molecular formula is C19H14ClNO3S. The Bertz CT molecular complexity index is 876. The Kier molecular flexibility index (Phi) is 5.58. The van der Waals surface area contributed by atoms with Crippen molar-refractivity contribution in [3.05, 3.63) is 83.3 Å². The number of carbonyl (C=O) groups excluding carboxylic acids is 2. The van der Waals surface area contributed by atoms with Crippen molar-refractivity contribution >= 4 is 40.7 Å². The van der Waals surface area contributed by atoms with Crippen LogP contribution in [-0.4, -0.2) is 17.4 Å². The molecule has 0 atom stereocenters. The van der Waals surface area contributed by atoms with E-state index < -0.39 is 0 Å². The van der Waals surface area contributed by atoms with Gasteiger partial charge in [-0.1, -0.05) is 23.7 Å². The topological polar surface area (TPSA) is 59.3 Å². The first-order valence-corrected chi connectivity index (χ1v) is 8.85. The smallest absolute Gasteiger partial charge is 0.291 e. The number of halogens is 1. The Morgan fingerprint density at radius 1 is 1.00 bits per heavy atom. The Hall–Kier alpha value is -2.50. The minimum Gasteiger partial charge on any atom is -0.459 e. The number of Topliss-reactive ketones (excluding diaryl/α,β-unsaturated/α-hetero) is 1. The van der Waals surface area contributed by atoms with Crippen molar-refractivity contribution in [2.45, 2.75) is 4.90 Å². The highest BCUT2D eigenvalue weighted by Crippen LogP contribution is 2.23. The van der Waals surface area contributed by atoms with Crippen LogP contribution in [0.2, 0.25) is 5.02 Å². The highest BCUT2D eigenvalue weighted by molar-refractivity contribution is 8.00. The minimum atomic E-state index is -0.306. The van der Waals surface area contributed by atoms with E-state index in [-0.39, 0.29) is 17.5 Å². The van der Waals surface area contributed by atoms with Crippen molar-refractivity contribution in [1.82, 2.24) is 0 Å². The lowest BCUT2D eigenvalue weighted by atomic mass is 10.1. The summed E-state index contributed by atoms with van der Waals surface area (Å²) < 4.78 is 5.04. The van der Waals surface area contributed by atoms with E-state index in [4.69, 9.17) is 16.0 Å². The maximum atomic E-state index is 12.2. The second-order valence-electron chi connectivity index (χ2n) is 5.15. The van der Waals surface area contributed by atoms with Gasteiger partial charge in [-0.25, -0.2) is 0 Å². The van der Waals surface area contributed by atoms with E-state index in [1.165, 1.54) is 18.0 Å². The van der Waals surface area contributed by atoms with E-state index >= 15 is 0 Å². The third-order valence-electron chi connectivity index (χ3n) is 3.40. The summed E-state index contributed by atoms with van der Waals surface area (Å²) in [4.78, 5) is 25.0. The molecule has 1 heterocycles. The lowest BCUT2D eigenvalue weighted by Crippen LogP contribution is -2.10. The molecule has 2 aromatic carbocycles. The van der Waals surface area contributed by atoms with Gasteiger partial charge in [-0.05, 0) is 48.5 Å². The fraction of sp³-hybridized carbons (Fsp3) is 0.0526. The fourth-order valence-electron chi connectivity index (χ4n) is 2.15. The molecule has 0 bridgehead atoms. The van der Waals surface area contributed by atoms with Crippen molar-refractivity contribution < 1.29 is 14.0 Å². The predicted octanol–water partition coefficient (Wildman–Crippen LogP) is 5.16. The number of benzene rings is 2. The van der Waals surface area contributed by atoms with Crippen LogP contribution < -0.4 is 5.32 Å². The van der Waals surface area contributed by atoms with Gasteiger partial charge in [0.15, 0.2) is 11.5 Å². The van der Waals surface area contributed by atoms with Crippen LogP contribution in [0.3, 0.4) is 0 Å². The maximum absolute atomic E-state index is 12.2. The summed E-state index contributed by atoms with van der Waals surface area (Å²) in [6, 6.07) is 17.5. The molecule has 0 radical (unpaired) electrons. The van der Waals surface area contributed by atoms with Crippen LogP contribution >= 0.6 is 23.4 Å². The largest absolute Gasteiger partial charge is 0.459 e. The van der Waals surface area contributed by atoms with Crippen molar-refractivity contribution in [2.75, 3.05) is 11.1 Å². The van der Waals surface area contributed by atoms with Crippen molar-refractivity contribution in [1.29, 1.82) is 0 Å². The molecule has 0 saturated heterocycles. The van der Waals surface area contributed by atoms with Gasteiger partial charge in [0.1, 0.15) is 0 Å². The molecule has 25 heavy (non-hydrogen) atoms. The third kappa shape index (κ3) is 4.53. The Labute approximate surface area is 154 Å². The Morgan fingerprint density at radius 3 is 2.44 bits per heavy atom. The molecule has 4 nitrogen and oxygen atoms in total. The molecule has 1 amide bonds. The fourth-order valence-corrected chi connectivity index (χ4v) is 3.17. The van der Waals surface area contributed by atoms with Gasteiger partial charge in [0.05, 0.1) is 17.0 Å². The number of amides is 1. The maximum Gasteiger partial charge on any atom is 0.291 e. The lowest BCUT2D eigenvalue weighted by Gasteiger charge is -2.06. The normalized spacial score (nSPS) is 10.4. The number of rotatable bonds is 6. The number of hydrogen-bond acceptors (Lipinski definition) is 4. The van der Waals surface area contributed by atoms with Gasteiger partial charge in [0.2, 0.25) is 0 Å². The molecule has 0 unspecified atom stereocenters. The molecule has 1 N–H and O–H groups in total. The number of ketones is 1. The van der Waals surface area contributed by atoms with Gasteiger partial charge < -0.3 is 9.73 Å². The second kappa shape index (κ2) is 8.05. The van der Waals surface area contributed by atoms with Gasteiger partial charge in [0.25, 0.3) is 5.91 Å². The lowest BCUT2D eigenvalue weighted by molar-refractivity contribution is 0.0994. The summed E-state index contributed by atoms with van der Waals surface area (Å²) in [5, 5.41) is 3.21. The van der Waals surface area contributed by atoms with Crippen molar-refractivity contribution in [3.63, 3.8) is 0 Å². The quantitative estimate of drug-likeness (QED) is 0.480. The van der Waals surface area contributed by atoms with E-state index in [0.29, 0.717) is 22.0 Å². The van der Waals surface area contributed by atoms with Gasteiger partial charge >= 0.3 is 0 Å². The number of nitrogens with one attached hydrogen (secondary N) is 1. The zero-order valence-electron chi connectivity index (χ0n) is 13.1. The molecule has 1 aromatic heterocycles. The first kappa shape index (κ1) is 17.3. The highest BCUT2D eigenvalue weighted by atomic mass is 35.5. The van der Waals surface area contributed by atoms with Crippen LogP contribution in [0.5, 0.6) is 0 Å². The number of hydrogen-bond donors (Lipinski definition) is 1. The molecule has 3 rings (SSSR count). The monoisotopic (exact) mass is 371 g/mol. The first-order chi connectivity index (χ1) is 12.1. The average molecular weight is 372 g/mol. The standard InChI is InChI=1S/C19H14ClNO3S/c20-16-5-2-1-4-15(16)17(22)12-25-14-9-7-13(8-10-14)21-19(23)18-6-3-11-24-18/h1-11H,12H2,(H,21,23). The number of carbonyl (C=O) groups is 2. The molecule has 0 fully saturated rings. The van der Waals surface area contributed by atoms with Crippen molar-refractivity contribution in [2.24, 2.45) is 0 Å². The van der Waals surface area contributed by atoms with Gasteiger partial charge in [-0.15, -0.1) is 11.8 Å². The number of furan rings is 1. The highest BCUT2D eigenvalue weighted by Gasteiger charge is 2.11. The first-order valence-electron chi connectivity index (χ1n) is 7.49. The van der Waals surface area contributed by atoms with Crippen LogP contribution in [0.15, 0.2) is 76.2 Å². The van der Waals surface area contributed by atoms with E-state index in [0.717, 1.165) is 4.90 Å². The molecule has 0 aliphatic rings. The van der Waals surface area contributed by atoms with Crippen LogP contribution in [0.25, 0.3) is 0 Å². The summed E-state index contributed by atoms with van der Waals surface area (Å²) in [7, 11) is 0. The number of thioether (sulfide) groups is 1. The van der Waals surface area contributed by atoms with E-state index in [1.807, 2.05) is 12.1 Å². The molecule has 126 valence electrons. The summed E-state index contributed by atoms with van der Waals surface area (Å²) in [5.74, 6) is 0.218. The van der Waals surface area contributed by atoms with Crippen LogP contribution in [0.4, 0.5) is 5.69 Å². The van der Waals surface area contributed by atoms with Crippen LogP contribution in [0, 0.1) is 0 Å². The molecule has 0 aliphatic heterocycles. The Balaban J connectivity index is 1.57. The number of anilines is 1. The zero-order chi connectivity index (χ0) is 17.6. The second-order valence-corrected chi connectivity index (χ2v) is 6.60. The molecule has 3 aromatic rings. The summed E-state index contributed by atoms with van der Waals surface area (Å²) in [6.07, 6.45) is 1.45. The summed E-state index contributed by atoms with van der Waals surface area (Å²) in [6.45, 7) is 0. The van der Waals surface area contributed by atoms with Crippen molar-refractivity contribution in [3.8, 4) is 0 Å². The minimum absolute atomic E-state index is 0.0224.